The first-order valence-corrected chi connectivity index (χ1v) is 5.29. The summed E-state index contributed by atoms with van der Waals surface area (Å²) < 4.78 is 9.89. The molecule has 6 heteroatoms. The van der Waals surface area contributed by atoms with Crippen LogP contribution in [0.2, 0.25) is 0 Å². The maximum Gasteiger partial charge on any atom is 0.410 e. The number of aliphatic carboxylic acids is 1. The quantitative estimate of drug-likeness (QED) is 0.681. The minimum Gasteiger partial charge on any atom is -0.481 e. The summed E-state index contributed by atoms with van der Waals surface area (Å²) in [6.07, 6.45) is 0.315. The van der Waals surface area contributed by atoms with Crippen LogP contribution in [0.4, 0.5) is 4.79 Å². The molecule has 0 aliphatic carbocycles. The molecule has 0 spiro atoms. The largest absolute Gasteiger partial charge is 0.481 e. The molecule has 92 valence electrons. The van der Waals surface area contributed by atoms with Crippen molar-refractivity contribution in [3.05, 3.63) is 0 Å². The van der Waals surface area contributed by atoms with Gasteiger partial charge in [0, 0.05) is 33.2 Å². The fraction of sp³-hybridized carbons (Fsp3) is 0.800. The van der Waals surface area contributed by atoms with Gasteiger partial charge >= 0.3 is 12.1 Å². The molecule has 0 radical (unpaired) electrons. The smallest absolute Gasteiger partial charge is 0.410 e. The minimum absolute atomic E-state index is 0.113. The number of amides is 1. The molecule has 1 aliphatic heterocycles. The third kappa shape index (κ3) is 4.06. The Morgan fingerprint density at radius 1 is 1.69 bits per heavy atom. The van der Waals surface area contributed by atoms with Crippen molar-refractivity contribution in [2.75, 3.05) is 26.8 Å². The number of cyclic esters (lactones) is 1. The summed E-state index contributed by atoms with van der Waals surface area (Å²) in [5.74, 6) is -0.939. The van der Waals surface area contributed by atoms with Gasteiger partial charge in [-0.25, -0.2) is 4.79 Å². The van der Waals surface area contributed by atoms with Gasteiger partial charge in [-0.1, -0.05) is 0 Å². The van der Waals surface area contributed by atoms with Crippen LogP contribution in [-0.4, -0.2) is 55.0 Å². The van der Waals surface area contributed by atoms with E-state index in [0.29, 0.717) is 26.1 Å². The van der Waals surface area contributed by atoms with E-state index in [1.54, 1.807) is 12.0 Å². The number of carbonyl (C=O) groups is 2. The van der Waals surface area contributed by atoms with Crippen LogP contribution in [0.3, 0.4) is 0 Å². The topological polar surface area (TPSA) is 76.1 Å². The zero-order valence-corrected chi connectivity index (χ0v) is 9.35. The fourth-order valence-electron chi connectivity index (χ4n) is 1.61. The molecular formula is C10H17NO5. The monoisotopic (exact) mass is 231 g/mol. The number of hydrogen-bond donors (Lipinski definition) is 1. The van der Waals surface area contributed by atoms with Crippen LogP contribution in [0.25, 0.3) is 0 Å². The number of carboxylic acids is 1. The Morgan fingerprint density at radius 2 is 2.44 bits per heavy atom. The van der Waals surface area contributed by atoms with E-state index in [0.717, 1.165) is 6.42 Å². The number of rotatable bonds is 6. The van der Waals surface area contributed by atoms with Gasteiger partial charge in [0.15, 0.2) is 0 Å². The van der Waals surface area contributed by atoms with Crippen LogP contribution in [-0.2, 0) is 14.3 Å². The van der Waals surface area contributed by atoms with Gasteiger partial charge in [0.2, 0.25) is 0 Å². The van der Waals surface area contributed by atoms with Crippen molar-refractivity contribution in [2.45, 2.75) is 25.4 Å². The number of ether oxygens (including phenoxy) is 2. The SMILES string of the molecule is COCCCN1CCC(CC(=O)O)OC1=O. The average molecular weight is 231 g/mol. The third-order valence-corrected chi connectivity index (χ3v) is 2.43. The molecule has 1 atom stereocenters. The predicted molar refractivity (Wildman–Crippen MR) is 55.2 cm³/mol. The number of hydrogen-bond acceptors (Lipinski definition) is 4. The third-order valence-electron chi connectivity index (χ3n) is 2.43. The molecule has 1 amide bonds. The summed E-state index contributed by atoms with van der Waals surface area (Å²) >= 11 is 0. The van der Waals surface area contributed by atoms with Crippen molar-refractivity contribution in [3.63, 3.8) is 0 Å². The van der Waals surface area contributed by atoms with Crippen LogP contribution in [0.1, 0.15) is 19.3 Å². The summed E-state index contributed by atoms with van der Waals surface area (Å²) in [7, 11) is 1.61. The first-order valence-electron chi connectivity index (χ1n) is 5.29. The second kappa shape index (κ2) is 6.32. The Morgan fingerprint density at radius 3 is 3.00 bits per heavy atom. The molecular weight excluding hydrogens is 214 g/mol. The molecule has 1 heterocycles. The normalized spacial score (nSPS) is 20.7. The highest BCUT2D eigenvalue weighted by atomic mass is 16.6. The molecule has 0 aromatic rings. The van der Waals surface area contributed by atoms with E-state index < -0.39 is 18.2 Å². The maximum absolute atomic E-state index is 11.5. The van der Waals surface area contributed by atoms with E-state index in [4.69, 9.17) is 14.6 Å². The molecule has 1 unspecified atom stereocenters. The van der Waals surface area contributed by atoms with Gasteiger partial charge in [0.25, 0.3) is 0 Å². The van der Waals surface area contributed by atoms with Crippen molar-refractivity contribution in [2.24, 2.45) is 0 Å². The molecule has 6 nitrogen and oxygen atoms in total. The van der Waals surface area contributed by atoms with Gasteiger partial charge in [0.1, 0.15) is 6.10 Å². The van der Waals surface area contributed by atoms with Crippen molar-refractivity contribution >= 4 is 12.1 Å². The lowest BCUT2D eigenvalue weighted by atomic mass is 10.1. The summed E-state index contributed by atoms with van der Waals surface area (Å²) in [5.41, 5.74) is 0. The van der Waals surface area contributed by atoms with Gasteiger partial charge in [-0.2, -0.15) is 0 Å². The molecule has 1 aliphatic rings. The van der Waals surface area contributed by atoms with Crippen molar-refractivity contribution in [1.82, 2.24) is 4.90 Å². The number of carboxylic acid groups (broad SMARTS) is 1. The number of nitrogens with zero attached hydrogens (tertiary/aromatic N) is 1. The lowest BCUT2D eigenvalue weighted by molar-refractivity contribution is -0.139. The molecule has 0 aromatic carbocycles. The minimum atomic E-state index is -0.939. The Bertz CT molecular complexity index is 256. The predicted octanol–water partition coefficient (Wildman–Crippen LogP) is 0.709. The summed E-state index contributed by atoms with van der Waals surface area (Å²) in [5, 5.41) is 8.57. The molecule has 1 rings (SSSR count). The van der Waals surface area contributed by atoms with Crippen molar-refractivity contribution < 1.29 is 24.2 Å². The van der Waals surface area contributed by atoms with E-state index in [2.05, 4.69) is 0 Å². The van der Waals surface area contributed by atoms with Gasteiger partial charge in [-0.15, -0.1) is 0 Å². The number of methoxy groups -OCH3 is 1. The highest BCUT2D eigenvalue weighted by Gasteiger charge is 2.27. The average Bonchev–Trinajstić information content (AvgIpc) is 2.20. The van der Waals surface area contributed by atoms with Crippen molar-refractivity contribution in [3.8, 4) is 0 Å². The molecule has 0 saturated carbocycles. The molecule has 1 N–H and O–H groups in total. The first-order chi connectivity index (χ1) is 7.63. The maximum atomic E-state index is 11.5. The Hall–Kier alpha value is -1.30. The van der Waals surface area contributed by atoms with E-state index in [1.807, 2.05) is 0 Å². The second-order valence-corrected chi connectivity index (χ2v) is 3.73. The second-order valence-electron chi connectivity index (χ2n) is 3.73. The molecule has 16 heavy (non-hydrogen) atoms. The number of carbonyl (C=O) groups excluding carboxylic acids is 1. The summed E-state index contributed by atoms with van der Waals surface area (Å²) in [6, 6.07) is 0. The van der Waals surface area contributed by atoms with Crippen LogP contribution in [0, 0.1) is 0 Å². The highest BCUT2D eigenvalue weighted by Crippen LogP contribution is 2.14. The Labute approximate surface area is 94.1 Å². The van der Waals surface area contributed by atoms with Crippen LogP contribution in [0.5, 0.6) is 0 Å². The van der Waals surface area contributed by atoms with Gasteiger partial charge in [-0.3, -0.25) is 4.79 Å². The first kappa shape index (κ1) is 12.8. The van der Waals surface area contributed by atoms with Crippen molar-refractivity contribution in [1.29, 1.82) is 0 Å². The molecule has 1 saturated heterocycles. The summed E-state index contributed by atoms with van der Waals surface area (Å²) in [6.45, 7) is 1.75. The molecule has 1 fully saturated rings. The fourth-order valence-corrected chi connectivity index (χ4v) is 1.61. The van der Waals surface area contributed by atoms with E-state index in [-0.39, 0.29) is 6.42 Å². The standard InChI is InChI=1S/C10H17NO5/c1-15-6-2-4-11-5-3-8(7-9(12)13)16-10(11)14/h8H,2-7H2,1H3,(H,12,13). The van der Waals surface area contributed by atoms with Crippen LogP contribution in [0.15, 0.2) is 0 Å². The zero-order chi connectivity index (χ0) is 12.0. The van der Waals surface area contributed by atoms with Gasteiger partial charge < -0.3 is 19.5 Å². The van der Waals surface area contributed by atoms with E-state index >= 15 is 0 Å². The highest BCUT2D eigenvalue weighted by molar-refractivity contribution is 5.71. The van der Waals surface area contributed by atoms with E-state index in [9.17, 15) is 9.59 Å². The molecule has 0 bridgehead atoms. The molecule has 0 aromatic heterocycles. The Balaban J connectivity index is 2.28. The zero-order valence-electron chi connectivity index (χ0n) is 9.35. The van der Waals surface area contributed by atoms with Gasteiger partial charge in [-0.05, 0) is 6.42 Å². The lowest BCUT2D eigenvalue weighted by Crippen LogP contribution is -2.43. The summed E-state index contributed by atoms with van der Waals surface area (Å²) in [4.78, 5) is 23.5. The lowest BCUT2D eigenvalue weighted by Gasteiger charge is -2.31. The van der Waals surface area contributed by atoms with E-state index in [1.165, 1.54) is 0 Å². The van der Waals surface area contributed by atoms with Crippen LogP contribution >= 0.6 is 0 Å². The Kier molecular flexibility index (Phi) is 5.04. The van der Waals surface area contributed by atoms with Crippen LogP contribution < -0.4 is 0 Å². The van der Waals surface area contributed by atoms with Gasteiger partial charge in [0.05, 0.1) is 6.42 Å².